The molecule has 0 aromatic rings. The largest absolute Gasteiger partial charge is 0.395 e. The Morgan fingerprint density at radius 3 is 2.50 bits per heavy atom. The van der Waals surface area contributed by atoms with Crippen LogP contribution in [0, 0.1) is 0 Å². The molecule has 0 heterocycles. The lowest BCUT2D eigenvalue weighted by molar-refractivity contribution is 0.243. The van der Waals surface area contributed by atoms with Gasteiger partial charge in [0.15, 0.2) is 0 Å². The highest BCUT2D eigenvalue weighted by Crippen LogP contribution is 1.92. The van der Waals surface area contributed by atoms with Gasteiger partial charge in [0.1, 0.15) is 0 Å². The molecule has 1 unspecified atom stereocenters. The fraction of sp³-hybridized carbons (Fsp3) is 0.750. The van der Waals surface area contributed by atoms with E-state index < -0.39 is 0 Å². The average molecular weight is 143 g/mol. The Labute approximate surface area is 62.9 Å². The second-order valence-corrected chi connectivity index (χ2v) is 2.68. The topological polar surface area (TPSA) is 32.3 Å². The molecule has 0 saturated carbocycles. The Bertz CT molecular complexity index is 93.3. The molecule has 2 N–H and O–H groups in total. The number of hydrogen-bond acceptors (Lipinski definition) is 2. The van der Waals surface area contributed by atoms with Crippen molar-refractivity contribution < 1.29 is 5.11 Å². The van der Waals surface area contributed by atoms with Crippen molar-refractivity contribution in [3.8, 4) is 0 Å². The summed E-state index contributed by atoms with van der Waals surface area (Å²) in [4.78, 5) is 0. The first-order chi connectivity index (χ1) is 4.70. The first-order valence-electron chi connectivity index (χ1n) is 3.68. The number of aliphatic hydroxyl groups is 1. The third kappa shape index (κ3) is 4.53. The highest BCUT2D eigenvalue weighted by molar-refractivity contribution is 4.76. The normalized spacial score (nSPS) is 16.3. The Morgan fingerprint density at radius 2 is 2.10 bits per heavy atom. The highest BCUT2D eigenvalue weighted by atomic mass is 16.3. The molecular formula is C8H17NO. The van der Waals surface area contributed by atoms with Crippen LogP contribution >= 0.6 is 0 Å². The van der Waals surface area contributed by atoms with Crippen LogP contribution in [0.4, 0.5) is 0 Å². The zero-order valence-corrected chi connectivity index (χ0v) is 6.80. The molecule has 0 aliphatic rings. The first-order valence-corrected chi connectivity index (χ1v) is 3.68. The van der Waals surface area contributed by atoms with Crippen molar-refractivity contribution >= 4 is 0 Å². The minimum Gasteiger partial charge on any atom is -0.395 e. The lowest BCUT2D eigenvalue weighted by Crippen LogP contribution is -2.36. The van der Waals surface area contributed by atoms with Gasteiger partial charge in [0, 0.05) is 12.1 Å². The molecule has 0 spiro atoms. The van der Waals surface area contributed by atoms with E-state index in [-0.39, 0.29) is 12.6 Å². The minimum atomic E-state index is 0.190. The Kier molecular flexibility index (Phi) is 5.26. The van der Waals surface area contributed by atoms with Crippen LogP contribution in [0.3, 0.4) is 0 Å². The third-order valence-corrected chi connectivity index (χ3v) is 1.36. The highest BCUT2D eigenvalue weighted by Gasteiger charge is 2.02. The predicted octanol–water partition coefficient (Wildman–Crippen LogP) is 0.921. The van der Waals surface area contributed by atoms with Crippen molar-refractivity contribution in [2.75, 3.05) is 6.61 Å². The van der Waals surface area contributed by atoms with Crippen molar-refractivity contribution in [2.45, 2.75) is 32.4 Å². The molecule has 0 aromatic carbocycles. The van der Waals surface area contributed by atoms with Gasteiger partial charge in [-0.2, -0.15) is 0 Å². The Morgan fingerprint density at radius 1 is 1.50 bits per heavy atom. The van der Waals surface area contributed by atoms with Gasteiger partial charge in [-0.15, -0.1) is 6.58 Å². The molecule has 0 rings (SSSR count). The number of rotatable bonds is 5. The van der Waals surface area contributed by atoms with Crippen LogP contribution < -0.4 is 5.32 Å². The molecule has 0 aliphatic heterocycles. The van der Waals surface area contributed by atoms with Gasteiger partial charge >= 0.3 is 0 Å². The van der Waals surface area contributed by atoms with Gasteiger partial charge < -0.3 is 10.4 Å². The van der Waals surface area contributed by atoms with Crippen LogP contribution in [0.25, 0.3) is 0 Å². The van der Waals surface area contributed by atoms with Crippen LogP contribution in [0.5, 0.6) is 0 Å². The second kappa shape index (κ2) is 5.45. The third-order valence-electron chi connectivity index (χ3n) is 1.36. The van der Waals surface area contributed by atoms with E-state index >= 15 is 0 Å². The zero-order chi connectivity index (χ0) is 7.98. The molecule has 0 fully saturated rings. The van der Waals surface area contributed by atoms with Gasteiger partial charge in [-0.3, -0.25) is 0 Å². The number of aliphatic hydroxyl groups excluding tert-OH is 1. The molecular weight excluding hydrogens is 126 g/mol. The summed E-state index contributed by atoms with van der Waals surface area (Å²) in [5.41, 5.74) is 0. The molecule has 60 valence electrons. The number of hydrogen-bond donors (Lipinski definition) is 2. The standard InChI is InChI=1S/C8H17NO/c1-4-5-7(2)9-8(3)6-10/h4,7-10H,1,5-6H2,2-3H3/t7?,8-/m0/s1. The fourth-order valence-electron chi connectivity index (χ4n) is 0.856. The second-order valence-electron chi connectivity index (χ2n) is 2.68. The summed E-state index contributed by atoms with van der Waals surface area (Å²) >= 11 is 0. The van der Waals surface area contributed by atoms with E-state index in [1.807, 2.05) is 13.0 Å². The molecule has 0 saturated heterocycles. The molecule has 0 aliphatic carbocycles. The molecule has 0 aromatic heterocycles. The lowest BCUT2D eigenvalue weighted by atomic mass is 10.2. The van der Waals surface area contributed by atoms with Crippen molar-refractivity contribution in [1.29, 1.82) is 0 Å². The lowest BCUT2D eigenvalue weighted by Gasteiger charge is -2.16. The van der Waals surface area contributed by atoms with Crippen LogP contribution in [0.1, 0.15) is 20.3 Å². The maximum Gasteiger partial charge on any atom is 0.0582 e. The Balaban J connectivity index is 3.35. The number of nitrogens with one attached hydrogen (secondary N) is 1. The maximum absolute atomic E-state index is 8.66. The smallest absolute Gasteiger partial charge is 0.0582 e. The summed E-state index contributed by atoms with van der Waals surface area (Å²) in [6.07, 6.45) is 2.83. The van der Waals surface area contributed by atoms with Gasteiger partial charge in [-0.1, -0.05) is 6.08 Å². The summed E-state index contributed by atoms with van der Waals surface area (Å²) in [6, 6.07) is 0.606. The van der Waals surface area contributed by atoms with Gasteiger partial charge in [0.05, 0.1) is 6.61 Å². The van der Waals surface area contributed by atoms with E-state index in [9.17, 15) is 0 Å². The van der Waals surface area contributed by atoms with Crippen LogP contribution in [-0.4, -0.2) is 23.8 Å². The monoisotopic (exact) mass is 143 g/mol. The molecule has 0 radical (unpaired) electrons. The maximum atomic E-state index is 8.66. The summed E-state index contributed by atoms with van der Waals surface area (Å²) in [5, 5.41) is 11.9. The van der Waals surface area contributed by atoms with E-state index in [1.54, 1.807) is 0 Å². The first kappa shape index (κ1) is 9.66. The van der Waals surface area contributed by atoms with Crippen molar-refractivity contribution in [3.63, 3.8) is 0 Å². The summed E-state index contributed by atoms with van der Waals surface area (Å²) in [5.74, 6) is 0. The van der Waals surface area contributed by atoms with E-state index in [0.717, 1.165) is 6.42 Å². The van der Waals surface area contributed by atoms with Crippen LogP contribution in [0.2, 0.25) is 0 Å². The van der Waals surface area contributed by atoms with Crippen molar-refractivity contribution in [2.24, 2.45) is 0 Å². The average Bonchev–Trinajstić information content (AvgIpc) is 1.88. The van der Waals surface area contributed by atoms with Crippen LogP contribution in [-0.2, 0) is 0 Å². The van der Waals surface area contributed by atoms with E-state index in [2.05, 4.69) is 18.8 Å². The predicted molar refractivity (Wildman–Crippen MR) is 44.0 cm³/mol. The molecule has 2 atom stereocenters. The van der Waals surface area contributed by atoms with E-state index in [1.165, 1.54) is 0 Å². The minimum absolute atomic E-state index is 0.190. The SMILES string of the molecule is C=CCC(C)N[C@@H](C)CO. The zero-order valence-electron chi connectivity index (χ0n) is 6.80. The Hall–Kier alpha value is -0.340. The van der Waals surface area contributed by atoms with Gasteiger partial charge in [0.25, 0.3) is 0 Å². The van der Waals surface area contributed by atoms with Crippen molar-refractivity contribution in [1.82, 2.24) is 5.32 Å². The quantitative estimate of drug-likeness (QED) is 0.561. The van der Waals surface area contributed by atoms with Gasteiger partial charge in [0.2, 0.25) is 0 Å². The van der Waals surface area contributed by atoms with E-state index in [0.29, 0.717) is 6.04 Å². The summed E-state index contributed by atoms with van der Waals surface area (Å²) in [6.45, 7) is 7.86. The summed E-state index contributed by atoms with van der Waals surface area (Å²) in [7, 11) is 0. The van der Waals surface area contributed by atoms with Gasteiger partial charge in [-0.05, 0) is 20.3 Å². The van der Waals surface area contributed by atoms with Gasteiger partial charge in [-0.25, -0.2) is 0 Å². The fourth-order valence-corrected chi connectivity index (χ4v) is 0.856. The molecule has 0 bridgehead atoms. The van der Waals surface area contributed by atoms with Crippen molar-refractivity contribution in [3.05, 3.63) is 12.7 Å². The molecule has 2 heteroatoms. The molecule has 10 heavy (non-hydrogen) atoms. The molecule has 2 nitrogen and oxygen atoms in total. The summed E-state index contributed by atoms with van der Waals surface area (Å²) < 4.78 is 0. The molecule has 0 amide bonds. The van der Waals surface area contributed by atoms with Crippen LogP contribution in [0.15, 0.2) is 12.7 Å². The van der Waals surface area contributed by atoms with E-state index in [4.69, 9.17) is 5.11 Å².